The number of benzene rings is 3. The Labute approximate surface area is 233 Å². The van der Waals surface area contributed by atoms with Crippen molar-refractivity contribution in [2.24, 2.45) is 0 Å². The van der Waals surface area contributed by atoms with Gasteiger partial charge in [-0.1, -0.05) is 85.8 Å². The fourth-order valence-corrected chi connectivity index (χ4v) is 4.40. The Kier molecular flexibility index (Phi) is 11.9. The fourth-order valence-electron chi connectivity index (χ4n) is 4.40. The SMILES string of the molecule is CCC(CNCc1ccc(CCCc2ccccc2OCc2ccccc2)cc1)c1cccnc1.I. The summed E-state index contributed by atoms with van der Waals surface area (Å²) in [5.74, 6) is 1.50. The Balaban J connectivity index is 0.00000361. The Bertz CT molecular complexity index is 1130. The zero-order valence-corrected chi connectivity index (χ0v) is 23.4. The summed E-state index contributed by atoms with van der Waals surface area (Å²) in [6.45, 7) is 4.70. The van der Waals surface area contributed by atoms with Gasteiger partial charge in [-0.2, -0.15) is 0 Å². The van der Waals surface area contributed by atoms with Crippen molar-refractivity contribution in [2.45, 2.75) is 51.7 Å². The quantitative estimate of drug-likeness (QED) is 0.161. The van der Waals surface area contributed by atoms with Gasteiger partial charge in [0.15, 0.2) is 0 Å². The molecule has 0 aliphatic heterocycles. The number of hydrogen-bond donors (Lipinski definition) is 1. The van der Waals surface area contributed by atoms with Crippen LogP contribution < -0.4 is 10.1 Å². The van der Waals surface area contributed by atoms with Gasteiger partial charge in [-0.15, -0.1) is 24.0 Å². The van der Waals surface area contributed by atoms with E-state index in [9.17, 15) is 0 Å². The number of aromatic nitrogens is 1. The van der Waals surface area contributed by atoms with Crippen molar-refractivity contribution >= 4 is 24.0 Å². The summed E-state index contributed by atoms with van der Waals surface area (Å²) in [5.41, 5.74) is 6.50. The predicted octanol–water partition coefficient (Wildman–Crippen LogP) is 7.74. The first-order chi connectivity index (χ1) is 17.3. The lowest BCUT2D eigenvalue weighted by Gasteiger charge is -2.16. The lowest BCUT2D eigenvalue weighted by Crippen LogP contribution is -2.21. The highest BCUT2D eigenvalue weighted by Crippen LogP contribution is 2.22. The van der Waals surface area contributed by atoms with Crippen LogP contribution in [0.2, 0.25) is 0 Å². The van der Waals surface area contributed by atoms with Gasteiger partial charge in [-0.3, -0.25) is 4.98 Å². The molecule has 0 fully saturated rings. The van der Waals surface area contributed by atoms with E-state index >= 15 is 0 Å². The molecule has 1 heterocycles. The Morgan fingerprint density at radius 1 is 0.778 bits per heavy atom. The van der Waals surface area contributed by atoms with Crippen LogP contribution >= 0.6 is 24.0 Å². The van der Waals surface area contributed by atoms with Crippen LogP contribution in [-0.2, 0) is 26.0 Å². The number of halogens is 1. The second-order valence-corrected chi connectivity index (χ2v) is 9.07. The van der Waals surface area contributed by atoms with Gasteiger partial charge < -0.3 is 10.1 Å². The molecule has 0 aliphatic carbocycles. The third kappa shape index (κ3) is 8.75. The molecule has 4 heteroatoms. The number of pyridine rings is 1. The molecule has 4 rings (SSSR count). The van der Waals surface area contributed by atoms with Crippen molar-refractivity contribution in [3.8, 4) is 5.75 Å². The molecule has 188 valence electrons. The minimum Gasteiger partial charge on any atom is -0.489 e. The zero-order chi connectivity index (χ0) is 24.1. The fraction of sp³-hybridized carbons (Fsp3) is 0.281. The minimum atomic E-state index is 0. The van der Waals surface area contributed by atoms with Gasteiger partial charge in [0, 0.05) is 25.5 Å². The van der Waals surface area contributed by atoms with Crippen molar-refractivity contribution in [1.29, 1.82) is 0 Å². The van der Waals surface area contributed by atoms with Crippen molar-refractivity contribution in [3.05, 3.63) is 131 Å². The molecule has 0 saturated carbocycles. The molecule has 1 aromatic heterocycles. The van der Waals surface area contributed by atoms with E-state index < -0.39 is 0 Å². The molecule has 1 atom stereocenters. The van der Waals surface area contributed by atoms with Gasteiger partial charge in [-0.25, -0.2) is 0 Å². The third-order valence-corrected chi connectivity index (χ3v) is 6.51. The Morgan fingerprint density at radius 3 is 2.28 bits per heavy atom. The van der Waals surface area contributed by atoms with Gasteiger partial charge in [0.1, 0.15) is 12.4 Å². The number of nitrogens with zero attached hydrogens (tertiary/aromatic N) is 1. The van der Waals surface area contributed by atoms with Crippen LogP contribution in [-0.4, -0.2) is 11.5 Å². The first-order valence-electron chi connectivity index (χ1n) is 12.7. The van der Waals surface area contributed by atoms with Gasteiger partial charge in [0.2, 0.25) is 0 Å². The van der Waals surface area contributed by atoms with E-state index in [-0.39, 0.29) is 24.0 Å². The molecular formula is C32H37IN2O. The molecule has 0 radical (unpaired) electrons. The maximum Gasteiger partial charge on any atom is 0.122 e. The van der Waals surface area contributed by atoms with Crippen LogP contribution in [0.25, 0.3) is 0 Å². The number of aryl methyl sites for hydroxylation is 2. The summed E-state index contributed by atoms with van der Waals surface area (Å²) < 4.78 is 6.12. The molecule has 0 spiro atoms. The summed E-state index contributed by atoms with van der Waals surface area (Å²) in [6, 6.07) is 32.0. The van der Waals surface area contributed by atoms with Crippen molar-refractivity contribution in [1.82, 2.24) is 10.3 Å². The minimum absolute atomic E-state index is 0. The maximum atomic E-state index is 6.12. The molecule has 1 N–H and O–H groups in total. The topological polar surface area (TPSA) is 34.1 Å². The summed E-state index contributed by atoms with van der Waals surface area (Å²) in [5, 5.41) is 3.62. The Hall–Kier alpha value is -2.70. The second kappa shape index (κ2) is 15.4. The first kappa shape index (κ1) is 27.9. The van der Waals surface area contributed by atoms with E-state index in [1.807, 2.05) is 24.5 Å². The van der Waals surface area contributed by atoms with Crippen LogP contribution in [0.1, 0.15) is 53.5 Å². The number of para-hydroxylation sites is 1. The second-order valence-electron chi connectivity index (χ2n) is 9.07. The van der Waals surface area contributed by atoms with Crippen molar-refractivity contribution in [3.63, 3.8) is 0 Å². The van der Waals surface area contributed by atoms with Crippen LogP contribution in [0.3, 0.4) is 0 Å². The largest absolute Gasteiger partial charge is 0.489 e. The molecule has 0 saturated heterocycles. The van der Waals surface area contributed by atoms with E-state index in [0.717, 1.165) is 44.5 Å². The monoisotopic (exact) mass is 592 g/mol. The third-order valence-electron chi connectivity index (χ3n) is 6.51. The standard InChI is InChI=1S/C32H36N2O.HI/c1-2-29(31-15-9-21-33-24-31)23-34-22-27-19-17-26(18-20-27)12-8-14-30-13-6-7-16-32(30)35-25-28-10-4-3-5-11-28;/h3-7,9-11,13,15-21,24,29,34H,2,8,12,14,22-23,25H2,1H3;1H. The predicted molar refractivity (Wildman–Crippen MR) is 160 cm³/mol. The van der Waals surface area contributed by atoms with E-state index in [1.165, 1.54) is 27.8 Å². The molecular weight excluding hydrogens is 555 g/mol. The molecule has 0 amide bonds. The van der Waals surface area contributed by atoms with Crippen LogP contribution in [0, 0.1) is 0 Å². The van der Waals surface area contributed by atoms with Gasteiger partial charge in [-0.05, 0) is 71.6 Å². The van der Waals surface area contributed by atoms with E-state index in [2.05, 4.69) is 96.1 Å². The van der Waals surface area contributed by atoms with Crippen LogP contribution in [0.15, 0.2) is 103 Å². The average Bonchev–Trinajstić information content (AvgIpc) is 2.92. The average molecular weight is 593 g/mol. The van der Waals surface area contributed by atoms with E-state index in [0.29, 0.717) is 12.5 Å². The summed E-state index contributed by atoms with van der Waals surface area (Å²) in [6.07, 6.45) is 8.12. The number of rotatable bonds is 13. The first-order valence-corrected chi connectivity index (χ1v) is 12.7. The molecule has 3 aromatic carbocycles. The summed E-state index contributed by atoms with van der Waals surface area (Å²) in [4.78, 5) is 4.26. The zero-order valence-electron chi connectivity index (χ0n) is 21.1. The highest BCUT2D eigenvalue weighted by molar-refractivity contribution is 14.0. The van der Waals surface area contributed by atoms with Crippen molar-refractivity contribution in [2.75, 3.05) is 6.54 Å². The normalized spacial score (nSPS) is 11.5. The number of nitrogens with one attached hydrogen (secondary N) is 1. The summed E-state index contributed by atoms with van der Waals surface area (Å²) >= 11 is 0. The Morgan fingerprint density at radius 2 is 1.53 bits per heavy atom. The van der Waals surface area contributed by atoms with Gasteiger partial charge >= 0.3 is 0 Å². The van der Waals surface area contributed by atoms with Gasteiger partial charge in [0.05, 0.1) is 0 Å². The highest BCUT2D eigenvalue weighted by atomic mass is 127. The molecule has 1 unspecified atom stereocenters. The van der Waals surface area contributed by atoms with E-state index in [1.54, 1.807) is 0 Å². The number of hydrogen-bond acceptors (Lipinski definition) is 3. The van der Waals surface area contributed by atoms with Crippen molar-refractivity contribution < 1.29 is 4.74 Å². The molecule has 4 aromatic rings. The molecule has 0 aliphatic rings. The lowest BCUT2D eigenvalue weighted by atomic mass is 9.98. The van der Waals surface area contributed by atoms with Crippen LogP contribution in [0.4, 0.5) is 0 Å². The lowest BCUT2D eigenvalue weighted by molar-refractivity contribution is 0.302. The summed E-state index contributed by atoms with van der Waals surface area (Å²) in [7, 11) is 0. The van der Waals surface area contributed by atoms with E-state index in [4.69, 9.17) is 4.74 Å². The highest BCUT2D eigenvalue weighted by Gasteiger charge is 2.09. The van der Waals surface area contributed by atoms with Gasteiger partial charge in [0.25, 0.3) is 0 Å². The molecule has 0 bridgehead atoms. The smallest absolute Gasteiger partial charge is 0.122 e. The number of ether oxygens (including phenoxy) is 1. The maximum absolute atomic E-state index is 6.12. The molecule has 36 heavy (non-hydrogen) atoms. The van der Waals surface area contributed by atoms with Crippen LogP contribution in [0.5, 0.6) is 5.75 Å². The molecule has 3 nitrogen and oxygen atoms in total.